The van der Waals surface area contributed by atoms with Crippen molar-refractivity contribution in [2.45, 2.75) is 0 Å². The van der Waals surface area contributed by atoms with Crippen molar-refractivity contribution < 1.29 is 0 Å². The van der Waals surface area contributed by atoms with Crippen molar-refractivity contribution in [2.24, 2.45) is 0 Å². The summed E-state index contributed by atoms with van der Waals surface area (Å²) in [4.78, 5) is 4.90. The van der Waals surface area contributed by atoms with Gasteiger partial charge in [-0.3, -0.25) is 0 Å². The number of hydrogen-bond donors (Lipinski definition) is 0. The topological polar surface area (TPSA) is 11.4 Å². The summed E-state index contributed by atoms with van der Waals surface area (Å²) in [6.45, 7) is 0. The summed E-state index contributed by atoms with van der Waals surface area (Å²) < 4.78 is 2.41. The van der Waals surface area contributed by atoms with Gasteiger partial charge in [0.1, 0.15) is 0 Å². The molecule has 0 aliphatic rings. The second kappa shape index (κ2) is 19.6. The van der Waals surface area contributed by atoms with Gasteiger partial charge in [-0.05, 0) is 140 Å². The number of hydrogen-bond acceptors (Lipinski definition) is 2. The average Bonchev–Trinajstić information content (AvgIpc) is 3.93. The second-order valence-corrected chi connectivity index (χ2v) is 19.7. The van der Waals surface area contributed by atoms with E-state index in [4.69, 9.17) is 0 Å². The maximum Gasteiger partial charge on any atom is 0.0541 e. The Hall–Kier alpha value is -10.2. The van der Waals surface area contributed by atoms with Gasteiger partial charge in [0.2, 0.25) is 0 Å². The van der Waals surface area contributed by atoms with Crippen LogP contribution in [-0.4, -0.2) is 4.57 Å². The van der Waals surface area contributed by atoms with Crippen molar-refractivity contribution in [1.29, 1.82) is 0 Å². The van der Waals surface area contributed by atoms with Crippen molar-refractivity contribution in [3.8, 4) is 50.2 Å². The highest BCUT2D eigenvalue weighted by Gasteiger charge is 2.24. The van der Waals surface area contributed by atoms with Gasteiger partial charge in [-0.2, -0.15) is 0 Å². The Balaban J connectivity index is 1.02. The van der Waals surface area contributed by atoms with Gasteiger partial charge >= 0.3 is 0 Å². The van der Waals surface area contributed by atoms with Crippen LogP contribution in [0.2, 0.25) is 0 Å². The van der Waals surface area contributed by atoms with E-state index >= 15 is 0 Å². The SMILES string of the molecule is c1ccc(-c2ccc(-n3c4ccccc4c4cc(-c5cc(N(c6ccccc6)c6ccc(-c7ccccc7)c7ccccc67)cc(N(c6ccccc6)c6ccc(-c7ccccc7)c7ccccc67)c5)ccc43)cc2)cc1. The first kappa shape index (κ1) is 45.4. The van der Waals surface area contributed by atoms with Crippen LogP contribution in [0.1, 0.15) is 0 Å². The Kier molecular flexibility index (Phi) is 11.5. The minimum atomic E-state index is 1.04. The van der Waals surface area contributed by atoms with E-state index in [0.717, 1.165) is 67.2 Å². The minimum Gasteiger partial charge on any atom is -0.310 e. The monoisotopic (exact) mass is 981 g/mol. The predicted octanol–water partition coefficient (Wildman–Crippen LogP) is 20.7. The smallest absolute Gasteiger partial charge is 0.0541 e. The Morgan fingerprint density at radius 2 is 0.597 bits per heavy atom. The van der Waals surface area contributed by atoms with Gasteiger partial charge in [0.25, 0.3) is 0 Å². The maximum absolute atomic E-state index is 2.45. The molecular weight excluding hydrogens is 931 g/mol. The van der Waals surface area contributed by atoms with Gasteiger partial charge in [-0.15, -0.1) is 0 Å². The molecule has 3 nitrogen and oxygen atoms in total. The highest BCUT2D eigenvalue weighted by molar-refractivity contribution is 6.12. The molecule has 1 heterocycles. The zero-order valence-corrected chi connectivity index (χ0v) is 42.3. The largest absolute Gasteiger partial charge is 0.310 e. The van der Waals surface area contributed by atoms with E-state index in [1.807, 2.05) is 0 Å². The first-order valence-electron chi connectivity index (χ1n) is 26.4. The van der Waals surface area contributed by atoms with E-state index in [-0.39, 0.29) is 0 Å². The summed E-state index contributed by atoms with van der Waals surface area (Å²) >= 11 is 0. The number of anilines is 6. The van der Waals surface area contributed by atoms with E-state index in [2.05, 4.69) is 324 Å². The van der Waals surface area contributed by atoms with Gasteiger partial charge < -0.3 is 14.4 Å². The molecule has 0 atom stereocenters. The molecule has 0 bridgehead atoms. The number of rotatable bonds is 11. The van der Waals surface area contributed by atoms with Gasteiger partial charge in [-0.1, -0.05) is 224 Å². The molecule has 1 aromatic heterocycles. The van der Waals surface area contributed by atoms with Crippen molar-refractivity contribution in [3.05, 3.63) is 309 Å². The highest BCUT2D eigenvalue weighted by atomic mass is 15.2. The molecule has 0 radical (unpaired) electrons. The first-order chi connectivity index (χ1) is 38.2. The first-order valence-corrected chi connectivity index (χ1v) is 26.4. The summed E-state index contributed by atoms with van der Waals surface area (Å²) in [5.74, 6) is 0. The van der Waals surface area contributed by atoms with Crippen LogP contribution in [0.15, 0.2) is 309 Å². The summed E-state index contributed by atoms with van der Waals surface area (Å²) in [6, 6.07) is 113. The Morgan fingerprint density at radius 3 is 1.10 bits per heavy atom. The fraction of sp³-hybridized carbons (Fsp3) is 0. The number of nitrogens with zero attached hydrogens (tertiary/aromatic N) is 3. The predicted molar refractivity (Wildman–Crippen MR) is 327 cm³/mol. The fourth-order valence-electron chi connectivity index (χ4n) is 11.6. The van der Waals surface area contributed by atoms with Gasteiger partial charge in [-0.25, -0.2) is 0 Å². The van der Waals surface area contributed by atoms with Crippen LogP contribution in [0.4, 0.5) is 34.1 Å². The molecule has 0 spiro atoms. The minimum absolute atomic E-state index is 1.04. The summed E-state index contributed by atoms with van der Waals surface area (Å²) in [7, 11) is 0. The van der Waals surface area contributed by atoms with Gasteiger partial charge in [0.05, 0.1) is 22.4 Å². The second-order valence-electron chi connectivity index (χ2n) is 19.7. The lowest BCUT2D eigenvalue weighted by Gasteiger charge is -2.32. The lowest BCUT2D eigenvalue weighted by Crippen LogP contribution is -2.14. The van der Waals surface area contributed by atoms with Crippen molar-refractivity contribution in [2.75, 3.05) is 9.80 Å². The zero-order valence-electron chi connectivity index (χ0n) is 42.3. The number of para-hydroxylation sites is 3. The molecule has 0 unspecified atom stereocenters. The molecule has 14 rings (SSSR count). The zero-order chi connectivity index (χ0) is 51.1. The molecule has 362 valence electrons. The third-order valence-electron chi connectivity index (χ3n) is 15.1. The van der Waals surface area contributed by atoms with E-state index in [1.54, 1.807) is 0 Å². The Morgan fingerprint density at radius 1 is 0.208 bits per heavy atom. The quantitative estimate of drug-likeness (QED) is 0.128. The van der Waals surface area contributed by atoms with Crippen molar-refractivity contribution >= 4 is 77.5 Å². The molecule has 13 aromatic carbocycles. The molecule has 0 saturated heterocycles. The molecule has 0 amide bonds. The number of aromatic nitrogens is 1. The van der Waals surface area contributed by atoms with E-state index in [0.29, 0.717) is 0 Å². The third kappa shape index (κ3) is 8.28. The number of benzene rings is 13. The molecular formula is C74H51N3. The third-order valence-corrected chi connectivity index (χ3v) is 15.1. The van der Waals surface area contributed by atoms with Crippen LogP contribution in [-0.2, 0) is 0 Å². The van der Waals surface area contributed by atoms with Crippen LogP contribution in [0.25, 0.3) is 93.5 Å². The van der Waals surface area contributed by atoms with Crippen LogP contribution < -0.4 is 9.80 Å². The van der Waals surface area contributed by atoms with Crippen LogP contribution in [0.3, 0.4) is 0 Å². The summed E-state index contributed by atoms with van der Waals surface area (Å²) in [5.41, 5.74) is 19.2. The van der Waals surface area contributed by atoms with E-state index < -0.39 is 0 Å². The van der Waals surface area contributed by atoms with Gasteiger partial charge in [0, 0.05) is 50.0 Å². The molecule has 0 aliphatic heterocycles. The molecule has 0 N–H and O–H groups in total. The summed E-state index contributed by atoms with van der Waals surface area (Å²) in [5, 5.41) is 7.12. The normalized spacial score (nSPS) is 11.4. The number of fused-ring (bicyclic) bond motifs is 5. The van der Waals surface area contributed by atoms with Crippen LogP contribution in [0.5, 0.6) is 0 Å². The van der Waals surface area contributed by atoms with Gasteiger partial charge in [0.15, 0.2) is 0 Å². The lowest BCUT2D eigenvalue weighted by atomic mass is 9.95. The molecule has 3 heteroatoms. The Bertz CT molecular complexity index is 4230. The molecule has 77 heavy (non-hydrogen) atoms. The molecule has 14 aromatic rings. The maximum atomic E-state index is 2.45. The van der Waals surface area contributed by atoms with Crippen molar-refractivity contribution in [1.82, 2.24) is 4.57 Å². The standard InChI is InChI=1S/C74H51N3/c1-6-22-52(23-7-1)53-38-41-60(42-39-53)77-71-37-21-20-36-69(71)70-50-56(40-45-74(70)77)57-48-61(75(58-28-12-4-13-29-58)72-46-43-63(54-24-8-2-9-25-54)65-32-16-18-34-67(65)72)51-62(49-57)76(59-30-14-5-15-31-59)73-47-44-64(55-26-10-3-11-27-55)66-33-17-19-35-68(66)73/h1-51H. The molecule has 0 fully saturated rings. The highest BCUT2D eigenvalue weighted by Crippen LogP contribution is 2.48. The Labute approximate surface area is 449 Å². The van der Waals surface area contributed by atoms with Crippen LogP contribution >= 0.6 is 0 Å². The molecule has 0 aliphatic carbocycles. The molecule has 0 saturated carbocycles. The lowest BCUT2D eigenvalue weighted by molar-refractivity contribution is 1.18. The van der Waals surface area contributed by atoms with E-state index in [1.165, 1.54) is 60.4 Å². The summed E-state index contributed by atoms with van der Waals surface area (Å²) in [6.07, 6.45) is 0. The average molecular weight is 982 g/mol. The fourth-order valence-corrected chi connectivity index (χ4v) is 11.6. The van der Waals surface area contributed by atoms with Crippen molar-refractivity contribution in [3.63, 3.8) is 0 Å². The van der Waals surface area contributed by atoms with E-state index in [9.17, 15) is 0 Å². The van der Waals surface area contributed by atoms with Crippen LogP contribution in [0, 0.1) is 0 Å².